The van der Waals surface area contributed by atoms with Gasteiger partial charge in [-0.1, -0.05) is 13.8 Å². The monoisotopic (exact) mass is 239 g/mol. The summed E-state index contributed by atoms with van der Waals surface area (Å²) in [6.45, 7) is 4.31. The normalized spacial score (nSPS) is 28.8. The molecule has 0 radical (unpaired) electrons. The Labute approximate surface area is 102 Å². The number of methoxy groups -OCH3 is 1. The summed E-state index contributed by atoms with van der Waals surface area (Å²) in [5.74, 6) is 0. The van der Waals surface area contributed by atoms with E-state index in [1.54, 1.807) is 19.6 Å². The van der Waals surface area contributed by atoms with E-state index in [2.05, 4.69) is 23.4 Å². The van der Waals surface area contributed by atoms with Crippen LogP contribution in [-0.2, 0) is 4.74 Å². The Bertz CT molecular complexity index is 389. The van der Waals surface area contributed by atoms with Gasteiger partial charge in [-0.15, -0.1) is 0 Å². The summed E-state index contributed by atoms with van der Waals surface area (Å²) < 4.78 is 7.52. The van der Waals surface area contributed by atoms with Gasteiger partial charge in [0, 0.05) is 24.8 Å². The van der Waals surface area contributed by atoms with Crippen molar-refractivity contribution in [3.63, 3.8) is 0 Å². The van der Waals surface area contributed by atoms with E-state index in [4.69, 9.17) is 15.6 Å². The number of nitrogens with zero attached hydrogens (tertiary/aromatic N) is 2. The van der Waals surface area contributed by atoms with E-state index in [1.165, 1.54) is 0 Å². The first-order chi connectivity index (χ1) is 8.02. The summed E-state index contributed by atoms with van der Waals surface area (Å²) in [5, 5.41) is 9.14. The Morgan fingerprint density at radius 3 is 2.94 bits per heavy atom. The molecule has 17 heavy (non-hydrogen) atoms. The van der Waals surface area contributed by atoms with Crippen LogP contribution in [-0.4, -0.2) is 34.5 Å². The maximum Gasteiger partial charge on any atom is 0.0951 e. The highest BCUT2D eigenvalue weighted by atomic mass is 16.5. The average molecular weight is 239 g/mol. The van der Waals surface area contributed by atoms with Gasteiger partial charge in [-0.05, 0) is 6.42 Å². The fourth-order valence-corrected chi connectivity index (χ4v) is 2.69. The van der Waals surface area contributed by atoms with Crippen LogP contribution in [0.2, 0.25) is 0 Å². The third-order valence-electron chi connectivity index (χ3n) is 4.02. The van der Waals surface area contributed by atoms with E-state index < -0.39 is 0 Å². The SMILES string of the molecule is COC1CC(n2cncc2C(N)CO)C1(C)C. The number of hydrogen-bond acceptors (Lipinski definition) is 4. The summed E-state index contributed by atoms with van der Waals surface area (Å²) in [6, 6.07) is -0.0301. The summed E-state index contributed by atoms with van der Waals surface area (Å²) in [5.41, 5.74) is 6.83. The Hall–Kier alpha value is -0.910. The van der Waals surface area contributed by atoms with Gasteiger partial charge < -0.3 is 20.1 Å². The Morgan fingerprint density at radius 1 is 1.71 bits per heavy atom. The molecule has 5 heteroatoms. The second-order valence-electron chi connectivity index (χ2n) is 5.31. The Kier molecular flexibility index (Phi) is 3.25. The molecule has 1 aromatic rings. The number of rotatable bonds is 4. The van der Waals surface area contributed by atoms with E-state index in [0.29, 0.717) is 6.04 Å². The molecule has 1 heterocycles. The zero-order valence-electron chi connectivity index (χ0n) is 10.6. The molecule has 0 amide bonds. The molecule has 1 fully saturated rings. The minimum absolute atomic E-state index is 0.0629. The first kappa shape index (κ1) is 12.5. The van der Waals surface area contributed by atoms with Gasteiger partial charge in [0.15, 0.2) is 0 Å². The van der Waals surface area contributed by atoms with Crippen molar-refractivity contribution < 1.29 is 9.84 Å². The van der Waals surface area contributed by atoms with Crippen molar-refractivity contribution in [3.05, 3.63) is 18.2 Å². The lowest BCUT2D eigenvalue weighted by molar-refractivity contribution is -0.113. The van der Waals surface area contributed by atoms with Crippen LogP contribution in [0.25, 0.3) is 0 Å². The molecule has 0 aromatic carbocycles. The van der Waals surface area contributed by atoms with Crippen molar-refractivity contribution in [3.8, 4) is 0 Å². The van der Waals surface area contributed by atoms with Crippen LogP contribution in [0.3, 0.4) is 0 Å². The molecule has 3 unspecified atom stereocenters. The molecule has 2 rings (SSSR count). The first-order valence-electron chi connectivity index (χ1n) is 5.93. The largest absolute Gasteiger partial charge is 0.394 e. The van der Waals surface area contributed by atoms with Gasteiger partial charge in [-0.2, -0.15) is 0 Å². The lowest BCUT2D eigenvalue weighted by Gasteiger charge is -2.52. The second-order valence-corrected chi connectivity index (χ2v) is 5.31. The smallest absolute Gasteiger partial charge is 0.0951 e. The maximum absolute atomic E-state index is 9.14. The van der Waals surface area contributed by atoms with Crippen molar-refractivity contribution in [2.24, 2.45) is 11.1 Å². The lowest BCUT2D eigenvalue weighted by Crippen LogP contribution is -2.51. The molecule has 0 aliphatic heterocycles. The highest BCUT2D eigenvalue weighted by Gasteiger charge is 2.50. The molecule has 1 aromatic heterocycles. The number of hydrogen-bond donors (Lipinski definition) is 2. The molecule has 3 N–H and O–H groups in total. The molecule has 1 aliphatic rings. The standard InChI is InChI=1S/C12H21N3O2/c1-12(2)10(4-11(12)17-3)15-7-14-5-9(15)8(13)6-16/h5,7-8,10-11,16H,4,6,13H2,1-3H3. The highest BCUT2D eigenvalue weighted by molar-refractivity contribution is 5.12. The quantitative estimate of drug-likeness (QED) is 0.817. The van der Waals surface area contributed by atoms with Crippen LogP contribution in [0.5, 0.6) is 0 Å². The van der Waals surface area contributed by atoms with E-state index in [0.717, 1.165) is 12.1 Å². The van der Waals surface area contributed by atoms with E-state index in [9.17, 15) is 0 Å². The fourth-order valence-electron chi connectivity index (χ4n) is 2.69. The average Bonchev–Trinajstić information content (AvgIpc) is 2.76. The van der Waals surface area contributed by atoms with E-state index in [1.807, 2.05) is 0 Å². The van der Waals surface area contributed by atoms with Crippen LogP contribution in [0, 0.1) is 5.41 Å². The number of aliphatic hydroxyl groups excluding tert-OH is 1. The molecule has 5 nitrogen and oxygen atoms in total. The van der Waals surface area contributed by atoms with Crippen molar-refractivity contribution in [1.82, 2.24) is 9.55 Å². The van der Waals surface area contributed by atoms with Crippen LogP contribution >= 0.6 is 0 Å². The van der Waals surface area contributed by atoms with Crippen molar-refractivity contribution in [2.45, 2.75) is 38.5 Å². The summed E-state index contributed by atoms with van der Waals surface area (Å²) in [4.78, 5) is 4.14. The number of imidazole rings is 1. The zero-order chi connectivity index (χ0) is 12.6. The van der Waals surface area contributed by atoms with Gasteiger partial charge in [0.05, 0.1) is 30.8 Å². The zero-order valence-corrected chi connectivity index (χ0v) is 10.6. The number of aliphatic hydroxyl groups is 1. The van der Waals surface area contributed by atoms with Gasteiger partial charge in [0.1, 0.15) is 0 Å². The molecule has 0 spiro atoms. The minimum Gasteiger partial charge on any atom is -0.394 e. The molecule has 96 valence electrons. The van der Waals surface area contributed by atoms with Crippen molar-refractivity contribution in [1.29, 1.82) is 0 Å². The van der Waals surface area contributed by atoms with Gasteiger partial charge in [0.2, 0.25) is 0 Å². The molecule has 3 atom stereocenters. The van der Waals surface area contributed by atoms with E-state index >= 15 is 0 Å². The molecule has 0 bridgehead atoms. The Morgan fingerprint density at radius 2 is 2.41 bits per heavy atom. The molecule has 1 aliphatic carbocycles. The molecule has 0 saturated heterocycles. The highest BCUT2D eigenvalue weighted by Crippen LogP contribution is 2.51. The fraction of sp³-hybridized carbons (Fsp3) is 0.750. The van der Waals surface area contributed by atoms with Crippen molar-refractivity contribution in [2.75, 3.05) is 13.7 Å². The third-order valence-corrected chi connectivity index (χ3v) is 4.02. The van der Waals surface area contributed by atoms with E-state index in [-0.39, 0.29) is 24.2 Å². The molecular formula is C12H21N3O2. The number of ether oxygens (including phenoxy) is 1. The summed E-state index contributed by atoms with van der Waals surface area (Å²) >= 11 is 0. The minimum atomic E-state index is -0.366. The number of aromatic nitrogens is 2. The van der Waals surface area contributed by atoms with Gasteiger partial charge in [-0.25, -0.2) is 4.98 Å². The number of nitrogens with two attached hydrogens (primary N) is 1. The molecule has 1 saturated carbocycles. The predicted molar refractivity (Wildman–Crippen MR) is 64.5 cm³/mol. The predicted octanol–water partition coefficient (Wildman–Crippen LogP) is 0.861. The van der Waals surface area contributed by atoms with Gasteiger partial charge in [-0.3, -0.25) is 0 Å². The van der Waals surface area contributed by atoms with Crippen LogP contribution in [0.15, 0.2) is 12.5 Å². The Balaban J connectivity index is 2.22. The van der Waals surface area contributed by atoms with Crippen LogP contribution in [0.1, 0.15) is 38.0 Å². The van der Waals surface area contributed by atoms with Crippen molar-refractivity contribution >= 4 is 0 Å². The first-order valence-corrected chi connectivity index (χ1v) is 5.93. The van der Waals surface area contributed by atoms with Gasteiger partial charge >= 0.3 is 0 Å². The van der Waals surface area contributed by atoms with Crippen LogP contribution in [0.4, 0.5) is 0 Å². The molecular weight excluding hydrogens is 218 g/mol. The lowest BCUT2D eigenvalue weighted by atomic mass is 9.64. The maximum atomic E-state index is 9.14. The van der Waals surface area contributed by atoms with Gasteiger partial charge in [0.25, 0.3) is 0 Å². The summed E-state index contributed by atoms with van der Waals surface area (Å²) in [7, 11) is 1.75. The third kappa shape index (κ3) is 1.88. The topological polar surface area (TPSA) is 73.3 Å². The van der Waals surface area contributed by atoms with Crippen LogP contribution < -0.4 is 5.73 Å². The summed E-state index contributed by atoms with van der Waals surface area (Å²) in [6.07, 6.45) is 4.76. The second kappa shape index (κ2) is 4.40.